The van der Waals surface area contributed by atoms with Gasteiger partial charge in [-0.3, -0.25) is 4.98 Å². The number of methoxy groups -OCH3 is 1. The first-order valence-corrected chi connectivity index (χ1v) is 5.52. The third-order valence-electron chi connectivity index (χ3n) is 2.42. The Kier molecular flexibility index (Phi) is 3.91. The van der Waals surface area contributed by atoms with Crippen LogP contribution in [0.2, 0.25) is 0 Å². The van der Waals surface area contributed by atoms with Gasteiger partial charge in [0.1, 0.15) is 0 Å². The van der Waals surface area contributed by atoms with Crippen molar-refractivity contribution in [2.24, 2.45) is 0 Å². The van der Waals surface area contributed by atoms with Crippen molar-refractivity contribution >= 4 is 5.82 Å². The molecule has 0 atom stereocenters. The van der Waals surface area contributed by atoms with Gasteiger partial charge in [0.05, 0.1) is 7.11 Å². The number of ether oxygens (including phenoxy) is 1. The van der Waals surface area contributed by atoms with Crippen LogP contribution in [0.25, 0.3) is 0 Å². The van der Waals surface area contributed by atoms with Crippen LogP contribution in [0.15, 0.2) is 42.9 Å². The molecule has 0 saturated heterocycles. The fourth-order valence-electron chi connectivity index (χ4n) is 1.56. The molecule has 0 aliphatic carbocycles. The Morgan fingerprint density at radius 2 is 2.12 bits per heavy atom. The SMILES string of the molecule is COc1cccnc1NCCc1cccnc1. The summed E-state index contributed by atoms with van der Waals surface area (Å²) in [4.78, 5) is 8.30. The van der Waals surface area contributed by atoms with E-state index in [0.29, 0.717) is 0 Å². The predicted molar refractivity (Wildman–Crippen MR) is 67.2 cm³/mol. The van der Waals surface area contributed by atoms with Crippen LogP contribution >= 0.6 is 0 Å². The number of nitrogens with one attached hydrogen (secondary N) is 1. The van der Waals surface area contributed by atoms with E-state index in [4.69, 9.17) is 4.74 Å². The molecule has 0 amide bonds. The van der Waals surface area contributed by atoms with E-state index in [-0.39, 0.29) is 0 Å². The molecule has 0 aliphatic heterocycles. The number of pyridine rings is 2. The van der Waals surface area contributed by atoms with Gasteiger partial charge < -0.3 is 10.1 Å². The molecule has 4 heteroatoms. The molecule has 17 heavy (non-hydrogen) atoms. The summed E-state index contributed by atoms with van der Waals surface area (Å²) in [7, 11) is 1.64. The molecule has 2 aromatic heterocycles. The molecule has 0 radical (unpaired) electrons. The number of hydrogen-bond acceptors (Lipinski definition) is 4. The minimum Gasteiger partial charge on any atom is -0.493 e. The van der Waals surface area contributed by atoms with Crippen molar-refractivity contribution in [1.29, 1.82) is 0 Å². The van der Waals surface area contributed by atoms with Gasteiger partial charge in [0.15, 0.2) is 11.6 Å². The van der Waals surface area contributed by atoms with Crippen molar-refractivity contribution < 1.29 is 4.74 Å². The first-order chi connectivity index (χ1) is 8.40. The monoisotopic (exact) mass is 229 g/mol. The number of rotatable bonds is 5. The zero-order valence-corrected chi connectivity index (χ0v) is 9.76. The number of aromatic nitrogens is 2. The standard InChI is InChI=1S/C13H15N3O/c1-17-12-5-3-8-15-13(12)16-9-6-11-4-2-7-14-10-11/h2-5,7-8,10H,6,9H2,1H3,(H,15,16). The Labute approximate surface area is 101 Å². The van der Waals surface area contributed by atoms with Gasteiger partial charge in [-0.1, -0.05) is 6.07 Å². The van der Waals surface area contributed by atoms with Gasteiger partial charge in [-0.15, -0.1) is 0 Å². The molecule has 0 saturated carbocycles. The maximum Gasteiger partial charge on any atom is 0.168 e. The van der Waals surface area contributed by atoms with Gasteiger partial charge in [-0.05, 0) is 30.2 Å². The Morgan fingerprint density at radius 1 is 1.24 bits per heavy atom. The largest absolute Gasteiger partial charge is 0.493 e. The lowest BCUT2D eigenvalue weighted by molar-refractivity contribution is 0.415. The summed E-state index contributed by atoms with van der Waals surface area (Å²) in [5.41, 5.74) is 1.20. The first-order valence-electron chi connectivity index (χ1n) is 5.52. The lowest BCUT2D eigenvalue weighted by Gasteiger charge is -2.09. The number of nitrogens with zero attached hydrogens (tertiary/aromatic N) is 2. The van der Waals surface area contributed by atoms with E-state index in [9.17, 15) is 0 Å². The van der Waals surface area contributed by atoms with Crippen LogP contribution < -0.4 is 10.1 Å². The molecule has 4 nitrogen and oxygen atoms in total. The lowest BCUT2D eigenvalue weighted by atomic mass is 10.2. The summed E-state index contributed by atoms with van der Waals surface area (Å²) in [6.45, 7) is 0.805. The third kappa shape index (κ3) is 3.17. The second kappa shape index (κ2) is 5.84. The fraction of sp³-hybridized carbons (Fsp3) is 0.231. The quantitative estimate of drug-likeness (QED) is 0.853. The lowest BCUT2D eigenvalue weighted by Crippen LogP contribution is -2.07. The predicted octanol–water partition coefficient (Wildman–Crippen LogP) is 2.14. The molecule has 0 aliphatic rings. The van der Waals surface area contributed by atoms with Crippen molar-refractivity contribution in [3.05, 3.63) is 48.4 Å². The Morgan fingerprint density at radius 3 is 2.88 bits per heavy atom. The van der Waals surface area contributed by atoms with E-state index in [0.717, 1.165) is 24.5 Å². The van der Waals surface area contributed by atoms with Crippen LogP contribution in [0.1, 0.15) is 5.56 Å². The van der Waals surface area contributed by atoms with Crippen molar-refractivity contribution in [3.63, 3.8) is 0 Å². The van der Waals surface area contributed by atoms with Crippen molar-refractivity contribution in [3.8, 4) is 5.75 Å². The van der Waals surface area contributed by atoms with Gasteiger partial charge in [0.2, 0.25) is 0 Å². The molecule has 0 fully saturated rings. The second-order valence-corrected chi connectivity index (χ2v) is 3.59. The molecule has 0 spiro atoms. The molecule has 0 aromatic carbocycles. The van der Waals surface area contributed by atoms with Crippen LogP contribution in [0.3, 0.4) is 0 Å². The summed E-state index contributed by atoms with van der Waals surface area (Å²) >= 11 is 0. The van der Waals surface area contributed by atoms with Crippen LogP contribution in [-0.4, -0.2) is 23.6 Å². The molecular formula is C13H15N3O. The summed E-state index contributed by atoms with van der Waals surface area (Å²) in [5.74, 6) is 1.54. The number of hydrogen-bond donors (Lipinski definition) is 1. The second-order valence-electron chi connectivity index (χ2n) is 3.59. The summed E-state index contributed by atoms with van der Waals surface area (Å²) in [5, 5.41) is 3.25. The summed E-state index contributed by atoms with van der Waals surface area (Å²) in [6, 6.07) is 7.74. The van der Waals surface area contributed by atoms with Crippen LogP contribution in [-0.2, 0) is 6.42 Å². The van der Waals surface area contributed by atoms with Gasteiger partial charge in [0, 0.05) is 25.1 Å². The highest BCUT2D eigenvalue weighted by Gasteiger charge is 2.01. The average molecular weight is 229 g/mol. The molecule has 0 bridgehead atoms. The Hall–Kier alpha value is -2.10. The zero-order chi connectivity index (χ0) is 11.9. The Bertz CT molecular complexity index is 459. The van der Waals surface area contributed by atoms with E-state index in [1.54, 1.807) is 19.5 Å². The van der Waals surface area contributed by atoms with Crippen molar-refractivity contribution in [2.45, 2.75) is 6.42 Å². The maximum absolute atomic E-state index is 5.21. The van der Waals surface area contributed by atoms with Crippen LogP contribution in [0.5, 0.6) is 5.75 Å². The topological polar surface area (TPSA) is 47.0 Å². The highest BCUT2D eigenvalue weighted by Crippen LogP contribution is 2.19. The first kappa shape index (κ1) is 11.4. The normalized spacial score (nSPS) is 9.94. The molecule has 1 N–H and O–H groups in total. The van der Waals surface area contributed by atoms with E-state index in [2.05, 4.69) is 21.4 Å². The van der Waals surface area contributed by atoms with Crippen LogP contribution in [0, 0.1) is 0 Å². The molecule has 88 valence electrons. The van der Waals surface area contributed by atoms with Crippen molar-refractivity contribution in [2.75, 3.05) is 19.0 Å². The van der Waals surface area contributed by atoms with E-state index >= 15 is 0 Å². The highest BCUT2D eigenvalue weighted by atomic mass is 16.5. The molecule has 0 unspecified atom stereocenters. The number of anilines is 1. The van der Waals surface area contributed by atoms with Crippen molar-refractivity contribution in [1.82, 2.24) is 9.97 Å². The van der Waals surface area contributed by atoms with E-state index in [1.165, 1.54) is 5.56 Å². The minimum absolute atomic E-state index is 0.763. The van der Waals surface area contributed by atoms with E-state index in [1.807, 2.05) is 24.4 Å². The third-order valence-corrected chi connectivity index (χ3v) is 2.42. The smallest absolute Gasteiger partial charge is 0.168 e. The molecule has 2 heterocycles. The molecule has 2 rings (SSSR count). The fourth-order valence-corrected chi connectivity index (χ4v) is 1.56. The highest BCUT2D eigenvalue weighted by molar-refractivity contribution is 5.49. The van der Waals surface area contributed by atoms with Gasteiger partial charge in [0.25, 0.3) is 0 Å². The zero-order valence-electron chi connectivity index (χ0n) is 9.76. The average Bonchev–Trinajstić information content (AvgIpc) is 2.40. The van der Waals surface area contributed by atoms with E-state index < -0.39 is 0 Å². The summed E-state index contributed by atoms with van der Waals surface area (Å²) in [6.07, 6.45) is 6.30. The Balaban J connectivity index is 1.90. The van der Waals surface area contributed by atoms with Gasteiger partial charge in [-0.25, -0.2) is 4.98 Å². The minimum atomic E-state index is 0.763. The van der Waals surface area contributed by atoms with Gasteiger partial charge >= 0.3 is 0 Å². The summed E-state index contributed by atoms with van der Waals surface area (Å²) < 4.78 is 5.21. The van der Waals surface area contributed by atoms with Crippen LogP contribution in [0.4, 0.5) is 5.82 Å². The van der Waals surface area contributed by atoms with Gasteiger partial charge in [-0.2, -0.15) is 0 Å². The molecular weight excluding hydrogens is 214 g/mol. The molecule has 2 aromatic rings. The maximum atomic E-state index is 5.21.